The third-order valence-corrected chi connectivity index (χ3v) is 7.50. The van der Waals surface area contributed by atoms with Crippen molar-refractivity contribution in [1.82, 2.24) is 10.2 Å². The quantitative estimate of drug-likeness (QED) is 0.758. The molecular weight excluding hydrogens is 380 g/mol. The molecule has 2 bridgehead atoms. The third-order valence-electron chi connectivity index (χ3n) is 7.50. The van der Waals surface area contributed by atoms with Gasteiger partial charge in [-0.1, -0.05) is 43.2 Å². The molecule has 6 nitrogen and oxygen atoms in total. The van der Waals surface area contributed by atoms with E-state index < -0.39 is 23.0 Å². The Kier molecular flexibility index (Phi) is 4.47. The monoisotopic (exact) mass is 410 g/mol. The number of hydrogen-bond donors (Lipinski definition) is 1. The van der Waals surface area contributed by atoms with E-state index in [-0.39, 0.29) is 24.0 Å². The number of likely N-dealkylation sites (tertiary alicyclic amines) is 1. The molecule has 1 aromatic rings. The van der Waals surface area contributed by atoms with Gasteiger partial charge < -0.3 is 19.7 Å². The Labute approximate surface area is 177 Å². The van der Waals surface area contributed by atoms with Gasteiger partial charge in [-0.15, -0.1) is 0 Å². The maximum atomic E-state index is 13.7. The van der Waals surface area contributed by atoms with Crippen LogP contribution in [0.25, 0.3) is 0 Å². The molecule has 6 heteroatoms. The summed E-state index contributed by atoms with van der Waals surface area (Å²) in [7, 11) is 1.67. The first kappa shape index (κ1) is 19.6. The summed E-state index contributed by atoms with van der Waals surface area (Å²) in [5.74, 6) is -0.176. The largest absolute Gasteiger partial charge is 0.496 e. The van der Waals surface area contributed by atoms with Crippen molar-refractivity contribution in [1.29, 1.82) is 0 Å². The number of fused-ring (bicyclic) bond motifs is 1. The minimum atomic E-state index is -0.651. The van der Waals surface area contributed by atoms with Crippen molar-refractivity contribution < 1.29 is 19.1 Å². The van der Waals surface area contributed by atoms with E-state index in [1.54, 1.807) is 7.11 Å². The average molecular weight is 411 g/mol. The Morgan fingerprint density at radius 3 is 2.70 bits per heavy atom. The van der Waals surface area contributed by atoms with Crippen LogP contribution in [0, 0.1) is 11.8 Å². The second kappa shape index (κ2) is 6.84. The Hall–Kier alpha value is -2.34. The number of ether oxygens (including phenoxy) is 2. The van der Waals surface area contributed by atoms with Gasteiger partial charge in [0.15, 0.2) is 0 Å². The summed E-state index contributed by atoms with van der Waals surface area (Å²) < 4.78 is 11.9. The zero-order valence-corrected chi connectivity index (χ0v) is 17.9. The molecule has 0 unspecified atom stereocenters. The minimum Gasteiger partial charge on any atom is -0.496 e. The first-order valence-electron chi connectivity index (χ1n) is 11.0. The first-order chi connectivity index (χ1) is 14.4. The number of carbonyl (C=O) groups excluding carboxylic acids is 2. The zero-order valence-electron chi connectivity index (χ0n) is 17.9. The normalized spacial score (nSPS) is 33.4. The van der Waals surface area contributed by atoms with Gasteiger partial charge in [0, 0.05) is 11.6 Å². The van der Waals surface area contributed by atoms with Gasteiger partial charge in [0.1, 0.15) is 11.4 Å². The van der Waals surface area contributed by atoms with E-state index >= 15 is 0 Å². The number of rotatable bonds is 5. The second-order valence-electron chi connectivity index (χ2n) is 9.44. The van der Waals surface area contributed by atoms with E-state index in [4.69, 9.17) is 9.47 Å². The first-order valence-corrected chi connectivity index (χ1v) is 11.0. The lowest BCUT2D eigenvalue weighted by atomic mass is 9.76. The number of nitrogens with one attached hydrogen (secondary N) is 1. The second-order valence-corrected chi connectivity index (χ2v) is 9.44. The summed E-state index contributed by atoms with van der Waals surface area (Å²) >= 11 is 0. The van der Waals surface area contributed by atoms with Crippen LogP contribution < -0.4 is 10.1 Å². The van der Waals surface area contributed by atoms with Crippen molar-refractivity contribution in [2.75, 3.05) is 13.7 Å². The van der Waals surface area contributed by atoms with Gasteiger partial charge in [-0.05, 0) is 32.8 Å². The van der Waals surface area contributed by atoms with Crippen molar-refractivity contribution in [2.45, 2.75) is 62.8 Å². The number of benzene rings is 1. The van der Waals surface area contributed by atoms with Crippen LogP contribution in [0.15, 0.2) is 36.4 Å². The predicted molar refractivity (Wildman–Crippen MR) is 112 cm³/mol. The molecule has 0 radical (unpaired) electrons. The third kappa shape index (κ3) is 2.66. The van der Waals surface area contributed by atoms with Crippen molar-refractivity contribution in [3.63, 3.8) is 0 Å². The number of hydrogen-bond acceptors (Lipinski definition) is 4. The van der Waals surface area contributed by atoms with Crippen LogP contribution in [0.5, 0.6) is 5.75 Å². The van der Waals surface area contributed by atoms with Gasteiger partial charge in [-0.25, -0.2) is 0 Å². The average Bonchev–Trinajstić information content (AvgIpc) is 3.49. The summed E-state index contributed by atoms with van der Waals surface area (Å²) in [5, 5.41) is 3.38. The summed E-state index contributed by atoms with van der Waals surface area (Å²) in [5.41, 5.74) is -0.0856. The molecule has 1 saturated carbocycles. The minimum absolute atomic E-state index is 0.0368. The molecule has 2 saturated heterocycles. The molecule has 1 spiro atoms. The highest BCUT2D eigenvalue weighted by Gasteiger charge is 2.67. The molecule has 3 heterocycles. The van der Waals surface area contributed by atoms with Crippen LogP contribution in [0.2, 0.25) is 0 Å². The number of nitrogens with zero attached hydrogens (tertiary/aromatic N) is 1. The molecule has 1 N–H and O–H groups in total. The number of amides is 2. The molecule has 1 aromatic carbocycles. The highest BCUT2D eigenvalue weighted by Crippen LogP contribution is 2.53. The Balaban J connectivity index is 1.46. The van der Waals surface area contributed by atoms with Crippen LogP contribution >= 0.6 is 0 Å². The fraction of sp³-hybridized carbons (Fsp3) is 0.583. The van der Waals surface area contributed by atoms with E-state index in [1.165, 1.54) is 0 Å². The lowest BCUT2D eigenvalue weighted by Gasteiger charge is -2.35. The van der Waals surface area contributed by atoms with Gasteiger partial charge in [-0.3, -0.25) is 9.59 Å². The standard InChI is InChI=1S/C24H30N2O4/c1-15(2)26-14-24-13-10-18(30-24)19(20(24)22(26)28)21(27)25-23(11-6-7-12-23)16-8-4-5-9-17(16)29-3/h4-5,8-10,13,15,18-20H,6-7,11-12,14H2,1-3H3,(H,25,27)/t18-,19-,20-,24+/m1/s1. The molecule has 5 rings (SSSR count). The molecule has 30 heavy (non-hydrogen) atoms. The Bertz CT molecular complexity index is 904. The lowest BCUT2D eigenvalue weighted by molar-refractivity contribution is -0.139. The maximum absolute atomic E-state index is 13.7. The number of carbonyl (C=O) groups is 2. The molecule has 0 aromatic heterocycles. The molecule has 1 aliphatic carbocycles. The van der Waals surface area contributed by atoms with Crippen LogP contribution in [0.4, 0.5) is 0 Å². The highest BCUT2D eigenvalue weighted by molar-refractivity contribution is 5.93. The number of para-hydroxylation sites is 1. The van der Waals surface area contributed by atoms with Crippen LogP contribution in [0.3, 0.4) is 0 Å². The summed E-state index contributed by atoms with van der Waals surface area (Å²) in [4.78, 5) is 28.8. The number of methoxy groups -OCH3 is 1. The van der Waals surface area contributed by atoms with Crippen molar-refractivity contribution in [2.24, 2.45) is 11.8 Å². The summed E-state index contributed by atoms with van der Waals surface area (Å²) in [6.45, 7) is 4.55. The maximum Gasteiger partial charge on any atom is 0.230 e. The van der Waals surface area contributed by atoms with E-state index in [9.17, 15) is 9.59 Å². The molecule has 4 aliphatic rings. The van der Waals surface area contributed by atoms with Crippen molar-refractivity contribution in [3.05, 3.63) is 42.0 Å². The molecule has 160 valence electrons. The molecule has 3 aliphatic heterocycles. The van der Waals surface area contributed by atoms with E-state index in [2.05, 4.69) is 5.32 Å². The summed E-state index contributed by atoms with van der Waals surface area (Å²) in [6.07, 6.45) is 7.50. The molecule has 4 atom stereocenters. The van der Waals surface area contributed by atoms with Gasteiger partial charge >= 0.3 is 0 Å². The SMILES string of the molecule is COc1ccccc1C1(NC(=O)[C@@H]2[C@H]3C=C[C@@]4(CN(C(C)C)C(=O)[C@@H]24)O3)CCCC1. The lowest BCUT2D eigenvalue weighted by Crippen LogP contribution is -2.51. The van der Waals surface area contributed by atoms with Gasteiger partial charge in [0.2, 0.25) is 11.8 Å². The Morgan fingerprint density at radius 1 is 1.27 bits per heavy atom. The van der Waals surface area contributed by atoms with Crippen LogP contribution in [-0.4, -0.2) is 48.1 Å². The van der Waals surface area contributed by atoms with E-state index in [0.717, 1.165) is 37.0 Å². The van der Waals surface area contributed by atoms with Gasteiger partial charge in [0.05, 0.1) is 37.1 Å². The van der Waals surface area contributed by atoms with Crippen LogP contribution in [-0.2, 0) is 19.9 Å². The molecule has 3 fully saturated rings. The van der Waals surface area contributed by atoms with Crippen LogP contribution in [0.1, 0.15) is 45.1 Å². The fourth-order valence-corrected chi connectivity index (χ4v) is 6.06. The fourth-order valence-electron chi connectivity index (χ4n) is 6.06. The Morgan fingerprint density at radius 2 is 2.00 bits per heavy atom. The topological polar surface area (TPSA) is 67.9 Å². The highest BCUT2D eigenvalue weighted by atomic mass is 16.5. The molecule has 2 amide bonds. The zero-order chi connectivity index (χ0) is 21.1. The van der Waals surface area contributed by atoms with Gasteiger partial charge in [0.25, 0.3) is 0 Å². The van der Waals surface area contributed by atoms with Gasteiger partial charge in [-0.2, -0.15) is 0 Å². The predicted octanol–water partition coefficient (Wildman–Crippen LogP) is 2.77. The van der Waals surface area contributed by atoms with Crippen molar-refractivity contribution >= 4 is 11.8 Å². The molecular formula is C24H30N2O4. The van der Waals surface area contributed by atoms with E-state index in [1.807, 2.05) is 55.2 Å². The van der Waals surface area contributed by atoms with Crippen molar-refractivity contribution in [3.8, 4) is 5.75 Å². The summed E-state index contributed by atoms with van der Waals surface area (Å²) in [6, 6.07) is 8.02. The van der Waals surface area contributed by atoms with E-state index in [0.29, 0.717) is 6.54 Å². The smallest absolute Gasteiger partial charge is 0.230 e.